The maximum atomic E-state index is 12.5. The first kappa shape index (κ1) is 13.9. The number of Topliss-reactive ketones (excluding diaryl/α,β-unsaturated/α-hetero) is 2. The molecule has 110 valence electrons. The second-order valence-corrected chi connectivity index (χ2v) is 4.89. The molecule has 0 heterocycles. The first-order chi connectivity index (χ1) is 10.5. The van der Waals surface area contributed by atoms with Gasteiger partial charge in [0.1, 0.15) is 11.7 Å². The zero-order chi connectivity index (χ0) is 15.9. The Labute approximate surface area is 125 Å². The summed E-state index contributed by atoms with van der Waals surface area (Å²) >= 11 is 0. The Balaban J connectivity index is 2.16. The molecule has 0 atom stereocenters. The molecule has 0 spiro atoms. The van der Waals surface area contributed by atoms with E-state index in [2.05, 4.69) is 0 Å². The molecule has 6 heteroatoms. The molecule has 0 N–H and O–H groups in total. The normalized spacial score (nSPS) is 14.0. The van der Waals surface area contributed by atoms with Crippen LogP contribution in [0.2, 0.25) is 0 Å². The lowest BCUT2D eigenvalue weighted by Gasteiger charge is -2.12. The van der Waals surface area contributed by atoms with Gasteiger partial charge in [-0.05, 0) is 6.07 Å². The van der Waals surface area contributed by atoms with Gasteiger partial charge in [0.05, 0.1) is 12.0 Å². The number of ketones is 2. The van der Waals surface area contributed by atoms with Crippen LogP contribution in [0.4, 0.5) is 5.69 Å². The molecule has 0 fully saturated rings. The molecule has 22 heavy (non-hydrogen) atoms. The molecule has 0 radical (unpaired) electrons. The van der Waals surface area contributed by atoms with Crippen LogP contribution in [-0.2, 0) is 0 Å². The van der Waals surface area contributed by atoms with Crippen molar-refractivity contribution in [3.8, 4) is 5.75 Å². The highest BCUT2D eigenvalue weighted by Crippen LogP contribution is 2.39. The predicted molar refractivity (Wildman–Crippen MR) is 77.5 cm³/mol. The van der Waals surface area contributed by atoms with E-state index in [1.165, 1.54) is 25.3 Å². The number of methoxy groups -OCH3 is 1. The van der Waals surface area contributed by atoms with E-state index in [-0.39, 0.29) is 28.6 Å². The highest BCUT2D eigenvalue weighted by Gasteiger charge is 2.41. The molecule has 0 aromatic heterocycles. The number of rotatable bonds is 3. The molecule has 0 aliphatic heterocycles. The summed E-state index contributed by atoms with van der Waals surface area (Å²) in [6, 6.07) is 10.4. The van der Waals surface area contributed by atoms with Gasteiger partial charge < -0.3 is 4.74 Å². The number of nitro benzene ring substituents is 1. The molecule has 6 nitrogen and oxygen atoms in total. The summed E-state index contributed by atoms with van der Waals surface area (Å²) in [6.45, 7) is 0. The summed E-state index contributed by atoms with van der Waals surface area (Å²) in [6.07, 6.45) is 0. The maximum Gasteiger partial charge on any atom is 0.270 e. The Bertz CT molecular complexity index is 777. The van der Waals surface area contributed by atoms with Crippen molar-refractivity contribution in [1.29, 1.82) is 0 Å². The minimum atomic E-state index is -1.09. The third-order valence-electron chi connectivity index (χ3n) is 3.72. The van der Waals surface area contributed by atoms with E-state index in [0.717, 1.165) is 0 Å². The number of carbonyl (C=O) groups is 2. The van der Waals surface area contributed by atoms with E-state index in [0.29, 0.717) is 11.1 Å². The molecular formula is C16H11NO5. The maximum absolute atomic E-state index is 12.5. The Kier molecular flexibility index (Phi) is 3.21. The van der Waals surface area contributed by atoms with Crippen molar-refractivity contribution in [2.24, 2.45) is 0 Å². The molecule has 0 unspecified atom stereocenters. The minimum absolute atomic E-state index is 0.188. The average molecular weight is 297 g/mol. The number of nitro groups is 1. The van der Waals surface area contributed by atoms with Crippen LogP contribution in [0, 0.1) is 10.1 Å². The van der Waals surface area contributed by atoms with Crippen LogP contribution in [-0.4, -0.2) is 23.6 Å². The summed E-state index contributed by atoms with van der Waals surface area (Å²) in [7, 11) is 1.39. The summed E-state index contributed by atoms with van der Waals surface area (Å²) in [4.78, 5) is 35.4. The molecule has 0 saturated heterocycles. The van der Waals surface area contributed by atoms with E-state index in [1.54, 1.807) is 24.3 Å². The zero-order valence-corrected chi connectivity index (χ0v) is 11.6. The van der Waals surface area contributed by atoms with Gasteiger partial charge in [0.15, 0.2) is 11.6 Å². The highest BCUT2D eigenvalue weighted by atomic mass is 16.6. The molecule has 2 aromatic carbocycles. The Hall–Kier alpha value is -3.02. The van der Waals surface area contributed by atoms with Gasteiger partial charge >= 0.3 is 0 Å². The SMILES string of the molecule is COc1ccc([N+](=O)[O-])cc1C1C(=O)c2ccccc2C1=O. The second-order valence-electron chi connectivity index (χ2n) is 4.89. The van der Waals surface area contributed by atoms with Crippen LogP contribution < -0.4 is 4.74 Å². The van der Waals surface area contributed by atoms with Crippen LogP contribution in [0.1, 0.15) is 32.2 Å². The van der Waals surface area contributed by atoms with Crippen LogP contribution >= 0.6 is 0 Å². The number of benzene rings is 2. The Morgan fingerprint density at radius 1 is 1.05 bits per heavy atom. The van der Waals surface area contributed by atoms with Gasteiger partial charge in [-0.25, -0.2) is 0 Å². The molecular weight excluding hydrogens is 286 g/mol. The van der Waals surface area contributed by atoms with E-state index < -0.39 is 10.8 Å². The van der Waals surface area contributed by atoms with Gasteiger partial charge in [0.2, 0.25) is 0 Å². The third-order valence-corrected chi connectivity index (χ3v) is 3.72. The van der Waals surface area contributed by atoms with Crippen molar-refractivity contribution in [2.45, 2.75) is 5.92 Å². The topological polar surface area (TPSA) is 86.5 Å². The number of non-ortho nitro benzene ring substituents is 1. The molecule has 1 aliphatic rings. The fourth-order valence-electron chi connectivity index (χ4n) is 2.69. The number of hydrogen-bond acceptors (Lipinski definition) is 5. The molecule has 0 amide bonds. The molecule has 3 rings (SSSR count). The van der Waals surface area contributed by atoms with Crippen molar-refractivity contribution in [3.63, 3.8) is 0 Å². The quantitative estimate of drug-likeness (QED) is 0.494. The fraction of sp³-hybridized carbons (Fsp3) is 0.125. The van der Waals surface area contributed by atoms with E-state index in [4.69, 9.17) is 4.74 Å². The smallest absolute Gasteiger partial charge is 0.270 e. The lowest BCUT2D eigenvalue weighted by Crippen LogP contribution is -2.14. The second kappa shape index (κ2) is 5.07. The summed E-state index contributed by atoms with van der Waals surface area (Å²) in [5.41, 5.74) is 0.715. The summed E-state index contributed by atoms with van der Waals surface area (Å²) in [5.74, 6) is -1.53. The van der Waals surface area contributed by atoms with Gasteiger partial charge in [-0.15, -0.1) is 0 Å². The number of ether oxygens (including phenoxy) is 1. The average Bonchev–Trinajstić information content (AvgIpc) is 2.78. The predicted octanol–water partition coefficient (Wildman–Crippen LogP) is 2.77. The first-order valence-corrected chi connectivity index (χ1v) is 6.54. The summed E-state index contributed by atoms with van der Waals surface area (Å²) < 4.78 is 5.16. The fourth-order valence-corrected chi connectivity index (χ4v) is 2.69. The van der Waals surface area contributed by atoms with Crippen molar-refractivity contribution in [1.82, 2.24) is 0 Å². The van der Waals surface area contributed by atoms with Crippen molar-refractivity contribution in [2.75, 3.05) is 7.11 Å². The third kappa shape index (κ3) is 1.96. The van der Waals surface area contributed by atoms with Gasteiger partial charge in [0, 0.05) is 28.8 Å². The van der Waals surface area contributed by atoms with E-state index in [1.807, 2.05) is 0 Å². The van der Waals surface area contributed by atoms with Crippen LogP contribution in [0.5, 0.6) is 5.75 Å². The van der Waals surface area contributed by atoms with Crippen molar-refractivity contribution >= 4 is 17.3 Å². The molecule has 0 saturated carbocycles. The van der Waals surface area contributed by atoms with Gasteiger partial charge in [-0.3, -0.25) is 19.7 Å². The Morgan fingerprint density at radius 3 is 2.14 bits per heavy atom. The van der Waals surface area contributed by atoms with Gasteiger partial charge in [0.25, 0.3) is 5.69 Å². The first-order valence-electron chi connectivity index (χ1n) is 6.54. The van der Waals surface area contributed by atoms with Crippen molar-refractivity contribution < 1.29 is 19.2 Å². The highest BCUT2D eigenvalue weighted by molar-refractivity contribution is 6.29. The van der Waals surface area contributed by atoms with Crippen LogP contribution in [0.25, 0.3) is 0 Å². The van der Waals surface area contributed by atoms with Crippen LogP contribution in [0.3, 0.4) is 0 Å². The number of hydrogen-bond donors (Lipinski definition) is 0. The molecule has 2 aromatic rings. The van der Waals surface area contributed by atoms with Gasteiger partial charge in [-0.1, -0.05) is 24.3 Å². The summed E-state index contributed by atoms with van der Waals surface area (Å²) in [5, 5.41) is 10.9. The monoisotopic (exact) mass is 297 g/mol. The molecule has 1 aliphatic carbocycles. The number of carbonyl (C=O) groups excluding carboxylic acids is 2. The van der Waals surface area contributed by atoms with E-state index in [9.17, 15) is 19.7 Å². The minimum Gasteiger partial charge on any atom is -0.496 e. The number of fused-ring (bicyclic) bond motifs is 1. The van der Waals surface area contributed by atoms with E-state index >= 15 is 0 Å². The number of nitrogens with zero attached hydrogens (tertiary/aromatic N) is 1. The largest absolute Gasteiger partial charge is 0.496 e. The lowest BCUT2D eigenvalue weighted by molar-refractivity contribution is -0.384. The van der Waals surface area contributed by atoms with Crippen LogP contribution in [0.15, 0.2) is 42.5 Å². The zero-order valence-electron chi connectivity index (χ0n) is 11.6. The Morgan fingerprint density at radius 2 is 1.64 bits per heavy atom. The molecule has 0 bridgehead atoms. The van der Waals surface area contributed by atoms with Crippen molar-refractivity contribution in [3.05, 3.63) is 69.3 Å². The lowest BCUT2D eigenvalue weighted by atomic mass is 9.93. The standard InChI is InChI=1S/C16H11NO5/c1-22-13-7-6-9(17(20)21)8-12(13)14-15(18)10-4-2-3-5-11(10)16(14)19/h2-8,14H,1H3. The van der Waals surface area contributed by atoms with Gasteiger partial charge in [-0.2, -0.15) is 0 Å².